The first-order chi connectivity index (χ1) is 13.5. The molecule has 7 nitrogen and oxygen atoms in total. The van der Waals surface area contributed by atoms with Crippen molar-refractivity contribution in [1.29, 1.82) is 0 Å². The first kappa shape index (κ1) is 19.5. The summed E-state index contributed by atoms with van der Waals surface area (Å²) in [6.07, 6.45) is 1.07. The lowest BCUT2D eigenvalue weighted by Gasteiger charge is -2.12. The molecule has 0 bridgehead atoms. The highest BCUT2D eigenvalue weighted by molar-refractivity contribution is 6.32. The van der Waals surface area contributed by atoms with Crippen LogP contribution in [-0.4, -0.2) is 31.3 Å². The normalized spacial score (nSPS) is 10.3. The van der Waals surface area contributed by atoms with E-state index in [9.17, 15) is 4.39 Å². The minimum absolute atomic E-state index is 0.00593. The van der Waals surface area contributed by atoms with Crippen molar-refractivity contribution < 1.29 is 18.6 Å². The van der Waals surface area contributed by atoms with E-state index >= 15 is 0 Å². The average molecular weight is 405 g/mol. The third-order valence-electron chi connectivity index (χ3n) is 3.77. The van der Waals surface area contributed by atoms with Gasteiger partial charge in [-0.05, 0) is 18.2 Å². The highest BCUT2D eigenvalue weighted by Crippen LogP contribution is 2.30. The molecule has 146 valence electrons. The van der Waals surface area contributed by atoms with Gasteiger partial charge >= 0.3 is 0 Å². The summed E-state index contributed by atoms with van der Waals surface area (Å²) < 4.78 is 29.7. The van der Waals surface area contributed by atoms with Gasteiger partial charge in [0.2, 0.25) is 5.95 Å². The molecule has 0 radical (unpaired) electrons. The van der Waals surface area contributed by atoms with Gasteiger partial charge in [-0.3, -0.25) is 0 Å². The van der Waals surface area contributed by atoms with Crippen LogP contribution < -0.4 is 24.8 Å². The lowest BCUT2D eigenvalue weighted by molar-refractivity contribution is 0.395. The summed E-state index contributed by atoms with van der Waals surface area (Å²) in [5.74, 6) is 1.28. The zero-order valence-corrected chi connectivity index (χ0v) is 16.2. The summed E-state index contributed by atoms with van der Waals surface area (Å²) >= 11 is 6.10. The second kappa shape index (κ2) is 8.62. The molecule has 0 aliphatic heterocycles. The Balaban J connectivity index is 1.84. The Bertz CT molecular complexity index is 965. The maximum absolute atomic E-state index is 14.2. The maximum Gasteiger partial charge on any atom is 0.229 e. The van der Waals surface area contributed by atoms with E-state index in [-0.39, 0.29) is 11.8 Å². The molecule has 0 spiro atoms. The van der Waals surface area contributed by atoms with Crippen molar-refractivity contribution in [3.63, 3.8) is 0 Å². The topological polar surface area (TPSA) is 77.5 Å². The lowest BCUT2D eigenvalue weighted by atomic mass is 10.3. The van der Waals surface area contributed by atoms with Crippen LogP contribution in [0, 0.1) is 5.82 Å². The SMILES string of the molecule is COc1cc(Nc2ncc(F)c(Nc3ccc(OC)c(Cl)c3)n2)cc(OC)c1. The van der Waals surface area contributed by atoms with Gasteiger partial charge in [-0.2, -0.15) is 4.98 Å². The van der Waals surface area contributed by atoms with Crippen molar-refractivity contribution in [2.24, 2.45) is 0 Å². The largest absolute Gasteiger partial charge is 0.497 e. The number of nitrogens with one attached hydrogen (secondary N) is 2. The van der Waals surface area contributed by atoms with Gasteiger partial charge in [-0.25, -0.2) is 9.37 Å². The van der Waals surface area contributed by atoms with Crippen LogP contribution in [0.25, 0.3) is 0 Å². The average Bonchev–Trinajstić information content (AvgIpc) is 2.70. The molecular formula is C19H18ClFN4O3. The summed E-state index contributed by atoms with van der Waals surface area (Å²) in [7, 11) is 4.62. The Morgan fingerprint density at radius 3 is 2.21 bits per heavy atom. The number of benzene rings is 2. The summed E-state index contributed by atoms with van der Waals surface area (Å²) in [5, 5.41) is 6.27. The number of nitrogens with zero attached hydrogens (tertiary/aromatic N) is 2. The number of hydrogen-bond donors (Lipinski definition) is 2. The van der Waals surface area contributed by atoms with Crippen molar-refractivity contribution >= 4 is 34.7 Å². The number of ether oxygens (including phenoxy) is 3. The van der Waals surface area contributed by atoms with E-state index in [1.807, 2.05) is 0 Å². The molecule has 0 aliphatic carbocycles. The zero-order chi connectivity index (χ0) is 20.1. The molecule has 0 unspecified atom stereocenters. The Morgan fingerprint density at radius 2 is 1.61 bits per heavy atom. The molecule has 0 saturated carbocycles. The first-order valence-electron chi connectivity index (χ1n) is 8.15. The van der Waals surface area contributed by atoms with Gasteiger partial charge in [0.15, 0.2) is 11.6 Å². The first-order valence-corrected chi connectivity index (χ1v) is 8.53. The number of rotatable bonds is 7. The van der Waals surface area contributed by atoms with Crippen LogP contribution in [0.15, 0.2) is 42.6 Å². The quantitative estimate of drug-likeness (QED) is 0.586. The van der Waals surface area contributed by atoms with E-state index < -0.39 is 5.82 Å². The maximum atomic E-state index is 14.2. The fraction of sp³-hybridized carbons (Fsp3) is 0.158. The molecule has 3 rings (SSSR count). The molecule has 2 aromatic carbocycles. The fourth-order valence-electron chi connectivity index (χ4n) is 2.40. The highest BCUT2D eigenvalue weighted by atomic mass is 35.5. The molecule has 1 heterocycles. The van der Waals surface area contributed by atoms with Crippen molar-refractivity contribution in [3.8, 4) is 17.2 Å². The van der Waals surface area contributed by atoms with Crippen molar-refractivity contribution in [3.05, 3.63) is 53.4 Å². The van der Waals surface area contributed by atoms with Gasteiger partial charge in [-0.1, -0.05) is 11.6 Å². The van der Waals surface area contributed by atoms with E-state index in [4.69, 9.17) is 25.8 Å². The van der Waals surface area contributed by atoms with Crippen molar-refractivity contribution in [1.82, 2.24) is 9.97 Å². The summed E-state index contributed by atoms with van der Waals surface area (Å²) in [5.41, 5.74) is 1.18. The molecule has 9 heteroatoms. The van der Waals surface area contributed by atoms with Crippen LogP contribution in [0.5, 0.6) is 17.2 Å². The van der Waals surface area contributed by atoms with Crippen LogP contribution in [0.1, 0.15) is 0 Å². The predicted octanol–water partition coefficient (Wildman–Crippen LogP) is 4.78. The Morgan fingerprint density at radius 1 is 0.893 bits per heavy atom. The van der Waals surface area contributed by atoms with E-state index in [0.29, 0.717) is 33.6 Å². The van der Waals surface area contributed by atoms with Gasteiger partial charge in [0, 0.05) is 29.6 Å². The second-order valence-corrected chi connectivity index (χ2v) is 6.00. The number of methoxy groups -OCH3 is 3. The number of anilines is 4. The molecule has 0 amide bonds. The second-order valence-electron chi connectivity index (χ2n) is 5.59. The smallest absolute Gasteiger partial charge is 0.229 e. The predicted molar refractivity (Wildman–Crippen MR) is 106 cm³/mol. The van der Waals surface area contributed by atoms with Gasteiger partial charge in [0.1, 0.15) is 17.2 Å². The Labute approximate surface area is 166 Å². The minimum Gasteiger partial charge on any atom is -0.497 e. The highest BCUT2D eigenvalue weighted by Gasteiger charge is 2.10. The summed E-state index contributed by atoms with van der Waals surface area (Å²) in [6.45, 7) is 0. The van der Waals surface area contributed by atoms with E-state index in [1.54, 1.807) is 50.6 Å². The van der Waals surface area contributed by atoms with Gasteiger partial charge in [-0.15, -0.1) is 0 Å². The standard InChI is InChI=1S/C19H18ClFN4O3/c1-26-13-6-12(7-14(9-13)27-2)24-19-22-10-16(21)18(25-19)23-11-4-5-17(28-3)15(20)8-11/h4-10H,1-3H3,(H2,22,23,24,25). The summed E-state index contributed by atoms with van der Waals surface area (Å²) in [4.78, 5) is 8.15. The Hall–Kier alpha value is -3.26. The summed E-state index contributed by atoms with van der Waals surface area (Å²) in [6, 6.07) is 10.2. The lowest BCUT2D eigenvalue weighted by Crippen LogP contribution is -2.03. The van der Waals surface area contributed by atoms with Gasteiger partial charge < -0.3 is 24.8 Å². The third kappa shape index (κ3) is 4.52. The molecule has 0 aliphatic rings. The molecule has 2 N–H and O–H groups in total. The monoisotopic (exact) mass is 404 g/mol. The van der Waals surface area contributed by atoms with Crippen LogP contribution in [-0.2, 0) is 0 Å². The zero-order valence-electron chi connectivity index (χ0n) is 15.4. The fourth-order valence-corrected chi connectivity index (χ4v) is 2.66. The van der Waals surface area contributed by atoms with Crippen LogP contribution >= 0.6 is 11.6 Å². The number of aromatic nitrogens is 2. The van der Waals surface area contributed by atoms with Gasteiger partial charge in [0.25, 0.3) is 0 Å². The molecule has 0 atom stereocenters. The molecule has 1 aromatic heterocycles. The van der Waals surface area contributed by atoms with Crippen LogP contribution in [0.4, 0.5) is 27.5 Å². The van der Waals surface area contributed by atoms with Gasteiger partial charge in [0.05, 0.1) is 32.5 Å². The van der Waals surface area contributed by atoms with Crippen LogP contribution in [0.3, 0.4) is 0 Å². The van der Waals surface area contributed by atoms with Crippen molar-refractivity contribution in [2.75, 3.05) is 32.0 Å². The molecule has 0 fully saturated rings. The number of halogens is 2. The van der Waals surface area contributed by atoms with E-state index in [2.05, 4.69) is 20.6 Å². The van der Waals surface area contributed by atoms with Crippen molar-refractivity contribution in [2.45, 2.75) is 0 Å². The number of hydrogen-bond acceptors (Lipinski definition) is 7. The third-order valence-corrected chi connectivity index (χ3v) is 4.06. The van der Waals surface area contributed by atoms with Crippen LogP contribution in [0.2, 0.25) is 5.02 Å². The Kier molecular flexibility index (Phi) is 6.00. The molecule has 3 aromatic rings. The minimum atomic E-state index is -0.610. The molecule has 0 saturated heterocycles. The van der Waals surface area contributed by atoms with E-state index in [0.717, 1.165) is 6.20 Å². The molecular weight excluding hydrogens is 387 g/mol. The molecule has 28 heavy (non-hydrogen) atoms. The van der Waals surface area contributed by atoms with E-state index in [1.165, 1.54) is 7.11 Å².